The minimum absolute atomic E-state index is 0.0900. The molecule has 0 atom stereocenters. The largest absolute Gasteiger partial charge is 0.493 e. The second kappa shape index (κ2) is 10.5. The van der Waals surface area contributed by atoms with Gasteiger partial charge in [0.1, 0.15) is 0 Å². The highest BCUT2D eigenvalue weighted by molar-refractivity contribution is 5.78. The van der Waals surface area contributed by atoms with Crippen LogP contribution in [0.4, 0.5) is 0 Å². The number of rotatable bonds is 8. The van der Waals surface area contributed by atoms with Crippen LogP contribution in [-0.4, -0.2) is 50.1 Å². The average molecular weight is 360 g/mol. The molecule has 0 saturated carbocycles. The number of carbonyl (C=O) groups excluding carboxylic acids is 2. The number of ether oxygens (including phenoxy) is 2. The Morgan fingerprint density at radius 1 is 1.27 bits per heavy atom. The number of nitrogens with zero attached hydrogens (tertiary/aromatic N) is 1. The molecule has 6 nitrogen and oxygen atoms in total. The minimum atomic E-state index is -0.216. The summed E-state index contributed by atoms with van der Waals surface area (Å²) in [5.41, 5.74) is 1.00. The van der Waals surface area contributed by atoms with Crippen molar-refractivity contribution in [2.24, 2.45) is 0 Å². The quantitative estimate of drug-likeness (QED) is 0.774. The first kappa shape index (κ1) is 19.8. The summed E-state index contributed by atoms with van der Waals surface area (Å²) in [7, 11) is 1.57. The van der Waals surface area contributed by atoms with Crippen molar-refractivity contribution in [1.29, 1.82) is 0 Å². The molecule has 6 heteroatoms. The van der Waals surface area contributed by atoms with E-state index in [0.29, 0.717) is 31.0 Å². The summed E-state index contributed by atoms with van der Waals surface area (Å²) < 4.78 is 10.9. The van der Waals surface area contributed by atoms with Crippen molar-refractivity contribution in [3.63, 3.8) is 0 Å². The van der Waals surface area contributed by atoms with Crippen molar-refractivity contribution < 1.29 is 19.1 Å². The molecular formula is C20H28N2O4. The summed E-state index contributed by atoms with van der Waals surface area (Å²) >= 11 is 0. The molecule has 1 aromatic rings. The third-order valence-corrected chi connectivity index (χ3v) is 4.28. The normalized spacial score (nSPS) is 15.0. The Balaban J connectivity index is 1.77. The lowest BCUT2D eigenvalue weighted by Gasteiger charge is -2.20. The van der Waals surface area contributed by atoms with Gasteiger partial charge >= 0.3 is 0 Å². The number of hydrogen-bond donors (Lipinski definition) is 1. The molecule has 1 N–H and O–H groups in total. The zero-order valence-electron chi connectivity index (χ0n) is 15.6. The molecule has 0 radical (unpaired) electrons. The summed E-state index contributed by atoms with van der Waals surface area (Å²) in [5, 5.41) is 2.80. The Morgan fingerprint density at radius 3 is 2.88 bits per heavy atom. The van der Waals surface area contributed by atoms with Gasteiger partial charge in [0.2, 0.25) is 5.91 Å². The number of nitrogens with one attached hydrogen (secondary N) is 1. The zero-order valence-corrected chi connectivity index (χ0v) is 15.6. The van der Waals surface area contributed by atoms with Gasteiger partial charge in [0.15, 0.2) is 18.1 Å². The van der Waals surface area contributed by atoms with Crippen LogP contribution in [0.5, 0.6) is 11.5 Å². The Hall–Kier alpha value is -2.50. The standard InChI is InChI=1S/C20H28N2O4/c1-3-7-16-9-10-17(18(14-16)25-2)26-15-19(23)21-11-13-22-12-6-4-5-8-20(22)24/h3,7,9-10,14H,4-6,8,11-13,15H2,1-2H3,(H,21,23)/b7-3+. The van der Waals surface area contributed by atoms with Crippen LogP contribution in [-0.2, 0) is 9.59 Å². The van der Waals surface area contributed by atoms with Crippen LogP contribution < -0.4 is 14.8 Å². The van der Waals surface area contributed by atoms with Crippen molar-refractivity contribution in [3.8, 4) is 11.5 Å². The first-order chi connectivity index (χ1) is 12.6. The molecular weight excluding hydrogens is 332 g/mol. The van der Waals surface area contributed by atoms with E-state index >= 15 is 0 Å². The van der Waals surface area contributed by atoms with E-state index in [1.54, 1.807) is 13.2 Å². The summed E-state index contributed by atoms with van der Waals surface area (Å²) in [6.07, 6.45) is 7.61. The lowest BCUT2D eigenvalue weighted by Crippen LogP contribution is -2.39. The predicted molar refractivity (Wildman–Crippen MR) is 101 cm³/mol. The molecule has 1 aliphatic rings. The molecule has 26 heavy (non-hydrogen) atoms. The van der Waals surface area contributed by atoms with Crippen LogP contribution in [0.3, 0.4) is 0 Å². The molecule has 0 aliphatic carbocycles. The van der Waals surface area contributed by atoms with Crippen molar-refractivity contribution >= 4 is 17.9 Å². The van der Waals surface area contributed by atoms with Crippen LogP contribution >= 0.6 is 0 Å². The fourth-order valence-corrected chi connectivity index (χ4v) is 2.90. The second-order valence-electron chi connectivity index (χ2n) is 6.24. The van der Waals surface area contributed by atoms with E-state index < -0.39 is 0 Å². The number of carbonyl (C=O) groups is 2. The number of allylic oxidation sites excluding steroid dienone is 1. The lowest BCUT2D eigenvalue weighted by atomic mass is 10.2. The maximum atomic E-state index is 12.0. The van der Waals surface area contributed by atoms with Crippen LogP contribution in [0.15, 0.2) is 24.3 Å². The van der Waals surface area contributed by atoms with Crippen molar-refractivity contribution in [2.75, 3.05) is 33.4 Å². The van der Waals surface area contributed by atoms with Crippen LogP contribution in [0.25, 0.3) is 6.08 Å². The van der Waals surface area contributed by atoms with Gasteiger partial charge in [-0.3, -0.25) is 9.59 Å². The Labute approximate surface area is 155 Å². The number of methoxy groups -OCH3 is 1. The van der Waals surface area contributed by atoms with Gasteiger partial charge in [-0.1, -0.05) is 24.6 Å². The molecule has 0 unspecified atom stereocenters. The van der Waals surface area contributed by atoms with Crippen molar-refractivity contribution in [3.05, 3.63) is 29.8 Å². The van der Waals surface area contributed by atoms with Crippen LogP contribution in [0.2, 0.25) is 0 Å². The van der Waals surface area contributed by atoms with Crippen molar-refractivity contribution in [2.45, 2.75) is 32.6 Å². The van der Waals surface area contributed by atoms with E-state index in [2.05, 4.69) is 5.32 Å². The maximum Gasteiger partial charge on any atom is 0.258 e. The topological polar surface area (TPSA) is 67.9 Å². The smallest absolute Gasteiger partial charge is 0.258 e. The summed E-state index contributed by atoms with van der Waals surface area (Å²) in [5.74, 6) is 1.08. The van der Waals surface area contributed by atoms with E-state index in [9.17, 15) is 9.59 Å². The summed E-state index contributed by atoms with van der Waals surface area (Å²) in [4.78, 5) is 25.7. The Bertz CT molecular complexity index is 643. The minimum Gasteiger partial charge on any atom is -0.493 e. The summed E-state index contributed by atoms with van der Waals surface area (Å²) in [6.45, 7) is 3.62. The molecule has 0 spiro atoms. The number of likely N-dealkylation sites (tertiary alicyclic amines) is 1. The third-order valence-electron chi connectivity index (χ3n) is 4.28. The first-order valence-electron chi connectivity index (χ1n) is 9.12. The molecule has 2 rings (SSSR count). The molecule has 0 aromatic heterocycles. The molecule has 1 aromatic carbocycles. The van der Waals surface area contributed by atoms with Crippen molar-refractivity contribution in [1.82, 2.24) is 10.2 Å². The average Bonchev–Trinajstić information content (AvgIpc) is 2.85. The van der Waals surface area contributed by atoms with E-state index in [-0.39, 0.29) is 18.4 Å². The van der Waals surface area contributed by atoms with Crippen LogP contribution in [0, 0.1) is 0 Å². The Kier molecular flexibility index (Phi) is 7.99. The Morgan fingerprint density at radius 2 is 2.12 bits per heavy atom. The summed E-state index contributed by atoms with van der Waals surface area (Å²) in [6, 6.07) is 5.55. The van der Waals surface area contributed by atoms with Crippen LogP contribution in [0.1, 0.15) is 38.2 Å². The lowest BCUT2D eigenvalue weighted by molar-refractivity contribution is -0.131. The molecule has 0 bridgehead atoms. The van der Waals surface area contributed by atoms with Gasteiger partial charge in [-0.2, -0.15) is 0 Å². The monoisotopic (exact) mass is 360 g/mol. The zero-order chi connectivity index (χ0) is 18.8. The molecule has 1 heterocycles. The van der Waals surface area contributed by atoms with Gasteiger partial charge in [-0.25, -0.2) is 0 Å². The van der Waals surface area contributed by atoms with E-state index in [1.807, 2.05) is 36.1 Å². The van der Waals surface area contributed by atoms with Gasteiger partial charge in [0.25, 0.3) is 5.91 Å². The molecule has 1 fully saturated rings. The van der Waals surface area contributed by atoms with Gasteiger partial charge in [0.05, 0.1) is 7.11 Å². The molecule has 1 aliphatic heterocycles. The predicted octanol–water partition coefficient (Wildman–Crippen LogP) is 2.63. The highest BCUT2D eigenvalue weighted by Gasteiger charge is 2.16. The first-order valence-corrected chi connectivity index (χ1v) is 9.12. The van der Waals surface area contributed by atoms with E-state index in [0.717, 1.165) is 31.4 Å². The van der Waals surface area contributed by atoms with Gasteiger partial charge < -0.3 is 19.7 Å². The molecule has 142 valence electrons. The highest BCUT2D eigenvalue weighted by Crippen LogP contribution is 2.28. The van der Waals surface area contributed by atoms with Gasteiger partial charge in [-0.05, 0) is 37.5 Å². The van der Waals surface area contributed by atoms with Gasteiger partial charge in [0, 0.05) is 26.1 Å². The third kappa shape index (κ3) is 6.10. The number of amides is 2. The van der Waals surface area contributed by atoms with E-state index in [4.69, 9.17) is 9.47 Å². The van der Waals surface area contributed by atoms with E-state index in [1.165, 1.54) is 0 Å². The molecule has 2 amide bonds. The maximum absolute atomic E-state index is 12.0. The SMILES string of the molecule is C/C=C/c1ccc(OCC(=O)NCCN2CCCCCC2=O)c(OC)c1. The molecule has 1 saturated heterocycles. The van der Waals surface area contributed by atoms with Gasteiger partial charge in [-0.15, -0.1) is 0 Å². The number of hydrogen-bond acceptors (Lipinski definition) is 4. The number of benzene rings is 1. The second-order valence-corrected chi connectivity index (χ2v) is 6.24. The highest BCUT2D eigenvalue weighted by atomic mass is 16.5. The fraction of sp³-hybridized carbons (Fsp3) is 0.500. The fourth-order valence-electron chi connectivity index (χ4n) is 2.90.